The minimum absolute atomic E-state index is 0.0818. The average molecular weight is 353 g/mol. The molecule has 1 heterocycles. The van der Waals surface area contributed by atoms with E-state index >= 15 is 0 Å². The zero-order valence-corrected chi connectivity index (χ0v) is 15.0. The molecule has 0 bridgehead atoms. The summed E-state index contributed by atoms with van der Waals surface area (Å²) in [5.41, 5.74) is -0.856. The second-order valence-electron chi connectivity index (χ2n) is 4.92. The van der Waals surface area contributed by atoms with E-state index in [1.807, 2.05) is 26.1 Å². The van der Waals surface area contributed by atoms with E-state index in [1.54, 1.807) is 0 Å². The van der Waals surface area contributed by atoms with Crippen LogP contribution in [0.25, 0.3) is 0 Å². The van der Waals surface area contributed by atoms with Gasteiger partial charge in [0.1, 0.15) is 12.1 Å². The maximum Gasteiger partial charge on any atom is 0.268 e. The Hall–Kier alpha value is -2.84. The van der Waals surface area contributed by atoms with Gasteiger partial charge in [-0.05, 0) is 6.42 Å². The van der Waals surface area contributed by atoms with E-state index in [-0.39, 0.29) is 11.1 Å². The van der Waals surface area contributed by atoms with Gasteiger partial charge in [-0.2, -0.15) is 0 Å². The van der Waals surface area contributed by atoms with Crippen LogP contribution in [0, 0.1) is 10.1 Å². The Morgan fingerprint density at radius 2 is 1.76 bits per heavy atom. The Morgan fingerprint density at radius 1 is 1.20 bits per heavy atom. The van der Waals surface area contributed by atoms with Crippen molar-refractivity contribution in [2.45, 2.75) is 47.5 Å². The molecule has 138 valence electrons. The van der Waals surface area contributed by atoms with Crippen molar-refractivity contribution in [3.63, 3.8) is 0 Å². The molecule has 0 aromatic heterocycles. The summed E-state index contributed by atoms with van der Waals surface area (Å²) in [5, 5.41) is 12.9. The highest BCUT2D eigenvalue weighted by atomic mass is 16.6. The van der Waals surface area contributed by atoms with Crippen molar-refractivity contribution >= 4 is 23.6 Å². The minimum Gasteiger partial charge on any atom is -0.295 e. The predicted molar refractivity (Wildman–Crippen MR) is 89.6 cm³/mol. The number of allylic oxidation sites excluding steroid dienone is 2. The third-order valence-electron chi connectivity index (χ3n) is 3.09. The number of amides is 4. The van der Waals surface area contributed by atoms with E-state index in [9.17, 15) is 29.3 Å². The number of nitrogens with one attached hydrogen (secondary N) is 1. The molecule has 25 heavy (non-hydrogen) atoms. The average Bonchev–Trinajstić information content (AvgIpc) is 2.77. The third kappa shape index (κ3) is 5.63. The van der Waals surface area contributed by atoms with Crippen molar-refractivity contribution in [3.05, 3.63) is 33.0 Å². The first-order valence-electron chi connectivity index (χ1n) is 7.93. The lowest BCUT2D eigenvalue weighted by atomic mass is 10.1. The SMILES string of the molecule is CC.CCC/C=C1/C(=O)N(CC(=O)NC(C)=O)C(=O)/C1=C(/C)[N+](=O)[O-]. The first-order chi connectivity index (χ1) is 11.7. The molecule has 0 unspecified atom stereocenters. The fourth-order valence-corrected chi connectivity index (χ4v) is 2.04. The summed E-state index contributed by atoms with van der Waals surface area (Å²) in [6.45, 7) is 7.41. The molecule has 4 amide bonds. The molecule has 9 heteroatoms. The summed E-state index contributed by atoms with van der Waals surface area (Å²) in [4.78, 5) is 57.8. The molecule has 0 spiro atoms. The largest absolute Gasteiger partial charge is 0.295 e. The predicted octanol–water partition coefficient (Wildman–Crippen LogP) is 1.32. The van der Waals surface area contributed by atoms with Crippen molar-refractivity contribution in [2.75, 3.05) is 6.54 Å². The summed E-state index contributed by atoms with van der Waals surface area (Å²) in [5.74, 6) is -3.16. The van der Waals surface area contributed by atoms with Crippen LogP contribution in [-0.4, -0.2) is 40.0 Å². The number of carbonyl (C=O) groups excluding carboxylic acids is 4. The number of carbonyl (C=O) groups is 4. The van der Waals surface area contributed by atoms with Crippen molar-refractivity contribution in [3.8, 4) is 0 Å². The number of hydrogen-bond acceptors (Lipinski definition) is 6. The highest BCUT2D eigenvalue weighted by molar-refractivity contribution is 6.25. The molecule has 1 N–H and O–H groups in total. The monoisotopic (exact) mass is 353 g/mol. The summed E-state index contributed by atoms with van der Waals surface area (Å²) >= 11 is 0. The van der Waals surface area contributed by atoms with Gasteiger partial charge in [0.25, 0.3) is 17.5 Å². The maximum absolute atomic E-state index is 12.3. The molecule has 1 aliphatic rings. The number of likely N-dealkylation sites (tertiary alicyclic amines) is 1. The lowest BCUT2D eigenvalue weighted by Gasteiger charge is -2.11. The summed E-state index contributed by atoms with van der Waals surface area (Å²) in [6.07, 6.45) is 2.59. The van der Waals surface area contributed by atoms with Crippen molar-refractivity contribution in [1.29, 1.82) is 0 Å². The Labute approximate surface area is 145 Å². The fourth-order valence-electron chi connectivity index (χ4n) is 2.04. The fraction of sp³-hybridized carbons (Fsp3) is 0.500. The van der Waals surface area contributed by atoms with Crippen LogP contribution in [0.2, 0.25) is 0 Å². The maximum atomic E-state index is 12.3. The Morgan fingerprint density at radius 3 is 2.20 bits per heavy atom. The third-order valence-corrected chi connectivity index (χ3v) is 3.09. The van der Waals surface area contributed by atoms with Gasteiger partial charge in [0, 0.05) is 13.8 Å². The molecular weight excluding hydrogens is 330 g/mol. The molecule has 0 aromatic carbocycles. The number of nitrogens with zero attached hydrogens (tertiary/aromatic N) is 2. The van der Waals surface area contributed by atoms with E-state index in [4.69, 9.17) is 0 Å². The number of imide groups is 2. The van der Waals surface area contributed by atoms with Gasteiger partial charge in [-0.15, -0.1) is 0 Å². The zero-order chi connectivity index (χ0) is 19.7. The van der Waals surface area contributed by atoms with Gasteiger partial charge in [0.15, 0.2) is 0 Å². The molecule has 0 aliphatic carbocycles. The molecule has 0 saturated carbocycles. The smallest absolute Gasteiger partial charge is 0.268 e. The minimum atomic E-state index is -0.912. The van der Waals surface area contributed by atoms with Crippen LogP contribution in [0.15, 0.2) is 22.9 Å². The van der Waals surface area contributed by atoms with Crippen LogP contribution < -0.4 is 5.32 Å². The number of hydrogen-bond donors (Lipinski definition) is 1. The van der Waals surface area contributed by atoms with Gasteiger partial charge in [0.05, 0.1) is 10.5 Å². The molecule has 1 saturated heterocycles. The summed E-state index contributed by atoms with van der Waals surface area (Å²) in [6, 6.07) is 0. The molecule has 0 atom stereocenters. The standard InChI is InChI=1S/C14H17N3O6.C2H6/c1-4-5-6-10-12(8(2)17(22)23)14(21)16(13(10)20)7-11(19)15-9(3)18;1-2/h6H,4-5,7H2,1-3H3,(H,15,18,19);1-2H3/b10-6+,12-8-;. The van der Waals surface area contributed by atoms with Crippen molar-refractivity contribution in [1.82, 2.24) is 10.2 Å². The first kappa shape index (κ1) is 22.2. The number of rotatable bonds is 5. The van der Waals surface area contributed by atoms with E-state index in [1.165, 1.54) is 6.08 Å². The van der Waals surface area contributed by atoms with Crippen LogP contribution >= 0.6 is 0 Å². The molecule has 1 rings (SSSR count). The van der Waals surface area contributed by atoms with Crippen LogP contribution in [0.4, 0.5) is 0 Å². The van der Waals surface area contributed by atoms with Crippen molar-refractivity contribution in [2.24, 2.45) is 0 Å². The van der Waals surface area contributed by atoms with Gasteiger partial charge in [-0.1, -0.05) is 33.3 Å². The van der Waals surface area contributed by atoms with Gasteiger partial charge < -0.3 is 0 Å². The first-order valence-corrected chi connectivity index (χ1v) is 7.93. The second-order valence-corrected chi connectivity index (χ2v) is 4.92. The normalized spacial score (nSPS) is 17.2. The van der Waals surface area contributed by atoms with Gasteiger partial charge in [-0.3, -0.25) is 39.5 Å². The molecule has 1 aliphatic heterocycles. The van der Waals surface area contributed by atoms with Crippen LogP contribution in [-0.2, 0) is 19.2 Å². The zero-order valence-electron chi connectivity index (χ0n) is 15.0. The van der Waals surface area contributed by atoms with E-state index in [2.05, 4.69) is 0 Å². The molecule has 0 radical (unpaired) electrons. The highest BCUT2D eigenvalue weighted by Gasteiger charge is 2.43. The molecule has 1 fully saturated rings. The van der Waals surface area contributed by atoms with E-state index < -0.39 is 40.8 Å². The summed E-state index contributed by atoms with van der Waals surface area (Å²) < 4.78 is 0. The Kier molecular flexibility index (Phi) is 8.97. The lowest BCUT2D eigenvalue weighted by molar-refractivity contribution is -0.425. The Bertz CT molecular complexity index is 648. The second kappa shape index (κ2) is 10.1. The molecule has 9 nitrogen and oxygen atoms in total. The van der Waals surface area contributed by atoms with E-state index in [0.29, 0.717) is 17.7 Å². The topological polar surface area (TPSA) is 127 Å². The molecule has 0 aromatic rings. The van der Waals surface area contributed by atoms with Crippen LogP contribution in [0.1, 0.15) is 47.5 Å². The van der Waals surface area contributed by atoms with Gasteiger partial charge >= 0.3 is 0 Å². The number of unbranched alkanes of at least 4 members (excludes halogenated alkanes) is 1. The Balaban J connectivity index is 0.00000277. The number of nitro groups is 1. The quantitative estimate of drug-likeness (QED) is 0.344. The lowest BCUT2D eigenvalue weighted by Crippen LogP contribution is -2.41. The van der Waals surface area contributed by atoms with Crippen LogP contribution in [0.3, 0.4) is 0 Å². The van der Waals surface area contributed by atoms with Gasteiger partial charge in [0.2, 0.25) is 11.8 Å². The summed E-state index contributed by atoms with van der Waals surface area (Å²) in [7, 11) is 0. The van der Waals surface area contributed by atoms with E-state index in [0.717, 1.165) is 13.8 Å². The van der Waals surface area contributed by atoms with Crippen LogP contribution in [0.5, 0.6) is 0 Å². The highest BCUT2D eigenvalue weighted by Crippen LogP contribution is 2.28. The van der Waals surface area contributed by atoms with Crippen molar-refractivity contribution < 1.29 is 24.1 Å². The van der Waals surface area contributed by atoms with Gasteiger partial charge in [-0.25, -0.2) is 0 Å². The molecular formula is C16H23N3O6.